The number of nitrogens with zero attached hydrogens (tertiary/aromatic N) is 3. The van der Waals surface area contributed by atoms with Crippen LogP contribution < -0.4 is 5.01 Å². The molecule has 0 atom stereocenters. The molecule has 4 nitrogen and oxygen atoms in total. The lowest BCUT2D eigenvalue weighted by molar-refractivity contribution is -0.127. The van der Waals surface area contributed by atoms with Gasteiger partial charge in [-0.05, 0) is 49.8 Å². The Bertz CT molecular complexity index is 692. The molecule has 1 saturated heterocycles. The van der Waals surface area contributed by atoms with Gasteiger partial charge in [-0.3, -0.25) is 9.47 Å². The zero-order valence-corrected chi connectivity index (χ0v) is 16.7. The highest BCUT2D eigenvalue weighted by atomic mass is 35.5. The van der Waals surface area contributed by atoms with Gasteiger partial charge in [0.1, 0.15) is 0 Å². The molecule has 1 aliphatic heterocycles. The molecule has 0 radical (unpaired) electrons. The lowest BCUT2D eigenvalue weighted by atomic mass is 9.84. The van der Waals surface area contributed by atoms with Gasteiger partial charge in [-0.15, -0.1) is 12.4 Å². The minimum Gasteiger partial charge on any atom is -0.303 e. The lowest BCUT2D eigenvalue weighted by Gasteiger charge is -2.41. The molecule has 0 spiro atoms. The number of carbonyl (C=O) groups excluding carboxylic acids is 1. The number of rotatable bonds is 6. The molecule has 0 bridgehead atoms. The van der Waals surface area contributed by atoms with Gasteiger partial charge >= 0.3 is 0 Å². The summed E-state index contributed by atoms with van der Waals surface area (Å²) in [5.41, 5.74) is 1.41. The molecule has 1 aliphatic carbocycles. The third-order valence-corrected chi connectivity index (χ3v) is 5.98. The number of likely N-dealkylation sites (tertiary alicyclic amines) is 1. The molecule has 2 aromatic rings. The molecule has 146 valence electrons. The fourth-order valence-corrected chi connectivity index (χ4v) is 4.11. The molecular formula is C22H30ClN3O. The minimum atomic E-state index is 0. The van der Waals surface area contributed by atoms with Crippen LogP contribution in [0.1, 0.15) is 37.7 Å². The molecule has 2 fully saturated rings. The van der Waals surface area contributed by atoms with Crippen molar-refractivity contribution in [2.24, 2.45) is 5.92 Å². The molecule has 1 saturated carbocycles. The molecule has 2 heterocycles. The Balaban J connectivity index is 0.00000210. The van der Waals surface area contributed by atoms with Gasteiger partial charge in [0.15, 0.2) is 0 Å². The minimum absolute atomic E-state index is 0. The van der Waals surface area contributed by atoms with Gasteiger partial charge < -0.3 is 4.90 Å². The van der Waals surface area contributed by atoms with Crippen LogP contribution in [0.3, 0.4) is 0 Å². The van der Waals surface area contributed by atoms with Crippen molar-refractivity contribution in [1.82, 2.24) is 9.58 Å². The van der Waals surface area contributed by atoms with E-state index in [4.69, 9.17) is 0 Å². The first-order valence-electron chi connectivity index (χ1n) is 10.0. The number of halogens is 1. The largest absolute Gasteiger partial charge is 0.303 e. The highest BCUT2D eigenvalue weighted by Gasteiger charge is 2.35. The first-order valence-corrected chi connectivity index (χ1v) is 10.0. The summed E-state index contributed by atoms with van der Waals surface area (Å²) in [5.74, 6) is 0.573. The van der Waals surface area contributed by atoms with Crippen LogP contribution in [0.25, 0.3) is 0 Å². The maximum atomic E-state index is 13.0. The highest BCUT2D eigenvalue weighted by molar-refractivity contribution is 5.89. The van der Waals surface area contributed by atoms with Crippen molar-refractivity contribution in [1.29, 1.82) is 0 Å². The third kappa shape index (κ3) is 4.74. The summed E-state index contributed by atoms with van der Waals surface area (Å²) in [6.45, 7) is 3.26. The van der Waals surface area contributed by atoms with Crippen LogP contribution in [-0.2, 0) is 11.2 Å². The van der Waals surface area contributed by atoms with Crippen molar-refractivity contribution in [2.45, 2.75) is 44.6 Å². The smallest absolute Gasteiger partial charge is 0.244 e. The Hall–Kier alpha value is -1.78. The van der Waals surface area contributed by atoms with E-state index >= 15 is 0 Å². The molecule has 0 unspecified atom stereocenters. The fourth-order valence-electron chi connectivity index (χ4n) is 4.11. The van der Waals surface area contributed by atoms with E-state index in [-0.39, 0.29) is 18.3 Å². The molecule has 1 aromatic carbocycles. The van der Waals surface area contributed by atoms with Crippen molar-refractivity contribution in [3.63, 3.8) is 0 Å². The van der Waals surface area contributed by atoms with Crippen LogP contribution in [0.2, 0.25) is 0 Å². The number of hydrogen-bond donors (Lipinski definition) is 0. The monoisotopic (exact) mass is 387 g/mol. The predicted octanol–water partition coefficient (Wildman–Crippen LogP) is 3.88. The SMILES string of the molecule is Cl.O=C(C1CCC1)N(C1CCN(CCc2ccccc2)CC1)n1cccc1. The Labute approximate surface area is 168 Å². The van der Waals surface area contributed by atoms with Gasteiger partial charge in [0.25, 0.3) is 0 Å². The van der Waals surface area contributed by atoms with E-state index in [1.54, 1.807) is 0 Å². The van der Waals surface area contributed by atoms with E-state index in [1.165, 1.54) is 12.0 Å². The number of hydrogen-bond acceptors (Lipinski definition) is 2. The number of carbonyl (C=O) groups is 1. The van der Waals surface area contributed by atoms with Gasteiger partial charge in [0.2, 0.25) is 5.91 Å². The Morgan fingerprint density at radius 3 is 2.22 bits per heavy atom. The molecule has 0 N–H and O–H groups in total. The lowest BCUT2D eigenvalue weighted by Crippen LogP contribution is -2.55. The van der Waals surface area contributed by atoms with E-state index in [0.29, 0.717) is 11.9 Å². The third-order valence-electron chi connectivity index (χ3n) is 5.98. The fraction of sp³-hybridized carbons (Fsp3) is 0.500. The van der Waals surface area contributed by atoms with Crippen molar-refractivity contribution < 1.29 is 4.79 Å². The van der Waals surface area contributed by atoms with E-state index < -0.39 is 0 Å². The summed E-state index contributed by atoms with van der Waals surface area (Å²) in [4.78, 5) is 15.6. The second kappa shape index (κ2) is 9.43. The van der Waals surface area contributed by atoms with Crippen LogP contribution in [0, 0.1) is 5.92 Å². The second-order valence-corrected chi connectivity index (χ2v) is 7.68. The molecule has 2 aliphatic rings. The van der Waals surface area contributed by atoms with Gasteiger partial charge in [0.05, 0.1) is 6.04 Å². The van der Waals surface area contributed by atoms with Crippen LogP contribution in [0.5, 0.6) is 0 Å². The quantitative estimate of drug-likeness (QED) is 0.752. The first kappa shape index (κ1) is 20.0. The number of piperidine rings is 1. The molecule has 4 rings (SSSR count). The van der Waals surface area contributed by atoms with Crippen LogP contribution in [0.4, 0.5) is 0 Å². The normalized spacial score (nSPS) is 18.5. The number of amides is 1. The van der Waals surface area contributed by atoms with E-state index in [2.05, 4.69) is 40.2 Å². The predicted molar refractivity (Wildman–Crippen MR) is 112 cm³/mol. The van der Waals surface area contributed by atoms with Crippen LogP contribution in [0.15, 0.2) is 54.9 Å². The summed E-state index contributed by atoms with van der Waals surface area (Å²) < 4.78 is 2.02. The topological polar surface area (TPSA) is 28.5 Å². The first-order chi connectivity index (χ1) is 12.8. The zero-order valence-electron chi connectivity index (χ0n) is 15.9. The van der Waals surface area contributed by atoms with Crippen LogP contribution in [-0.4, -0.2) is 41.2 Å². The van der Waals surface area contributed by atoms with Crippen LogP contribution >= 0.6 is 12.4 Å². The second-order valence-electron chi connectivity index (χ2n) is 7.68. The van der Waals surface area contributed by atoms with E-state index in [9.17, 15) is 4.79 Å². The van der Waals surface area contributed by atoms with Gasteiger partial charge in [-0.2, -0.15) is 0 Å². The molecule has 1 amide bonds. The molecule has 1 aromatic heterocycles. The Morgan fingerprint density at radius 2 is 1.63 bits per heavy atom. The molecular weight excluding hydrogens is 358 g/mol. The average molecular weight is 388 g/mol. The van der Waals surface area contributed by atoms with E-state index in [0.717, 1.165) is 51.7 Å². The summed E-state index contributed by atoms with van der Waals surface area (Å²) in [7, 11) is 0. The summed E-state index contributed by atoms with van der Waals surface area (Å²) in [6.07, 6.45) is 10.6. The Kier molecular flexibility index (Phi) is 6.97. The van der Waals surface area contributed by atoms with Gasteiger partial charge in [0, 0.05) is 37.9 Å². The van der Waals surface area contributed by atoms with Gasteiger partial charge in [-0.25, -0.2) is 5.01 Å². The number of benzene rings is 1. The van der Waals surface area contributed by atoms with Crippen molar-refractivity contribution in [2.75, 3.05) is 24.6 Å². The van der Waals surface area contributed by atoms with E-state index in [1.807, 2.05) is 29.2 Å². The zero-order chi connectivity index (χ0) is 17.8. The number of aromatic nitrogens is 1. The highest BCUT2D eigenvalue weighted by Crippen LogP contribution is 2.30. The van der Waals surface area contributed by atoms with Crippen molar-refractivity contribution in [3.05, 3.63) is 60.4 Å². The van der Waals surface area contributed by atoms with Crippen molar-refractivity contribution in [3.8, 4) is 0 Å². The summed E-state index contributed by atoms with van der Waals surface area (Å²) >= 11 is 0. The standard InChI is InChI=1S/C22H29N3O.ClH/c26-22(20-9-6-10-20)25(24-14-4-5-15-24)21-12-17-23(18-13-21)16-11-19-7-2-1-3-8-19;/h1-5,7-8,14-15,20-21H,6,9-13,16-18H2;1H. The average Bonchev–Trinajstić information content (AvgIpc) is 3.15. The Morgan fingerprint density at radius 1 is 0.963 bits per heavy atom. The summed E-state index contributed by atoms with van der Waals surface area (Å²) in [5, 5.41) is 2.05. The maximum Gasteiger partial charge on any atom is 0.244 e. The molecule has 5 heteroatoms. The molecule has 27 heavy (non-hydrogen) atoms. The summed E-state index contributed by atoms with van der Waals surface area (Å²) in [6, 6.07) is 15.1. The maximum absolute atomic E-state index is 13.0. The van der Waals surface area contributed by atoms with Gasteiger partial charge in [-0.1, -0.05) is 36.8 Å². The van der Waals surface area contributed by atoms with Crippen molar-refractivity contribution >= 4 is 18.3 Å².